The summed E-state index contributed by atoms with van der Waals surface area (Å²) in [6.07, 6.45) is 7.10. The number of amides is 2. The van der Waals surface area contributed by atoms with Gasteiger partial charge in [-0.3, -0.25) is 4.79 Å². The maximum Gasteiger partial charge on any atom is 0.323 e. The van der Waals surface area contributed by atoms with E-state index in [1.165, 1.54) is 0 Å². The van der Waals surface area contributed by atoms with Crippen molar-refractivity contribution in [2.45, 2.75) is 19.8 Å². The van der Waals surface area contributed by atoms with Gasteiger partial charge in [0.1, 0.15) is 6.54 Å². The zero-order valence-electron chi connectivity index (χ0n) is 10.6. The highest BCUT2D eigenvalue weighted by Gasteiger charge is 2.14. The van der Waals surface area contributed by atoms with Crippen molar-refractivity contribution in [3.63, 3.8) is 0 Å². The van der Waals surface area contributed by atoms with E-state index in [-0.39, 0.29) is 6.54 Å². The molecule has 0 rings (SSSR count). The quantitative estimate of drug-likeness (QED) is 0.466. The van der Waals surface area contributed by atoms with E-state index in [1.54, 1.807) is 0 Å². The van der Waals surface area contributed by atoms with Gasteiger partial charge >= 0.3 is 12.0 Å². The Morgan fingerprint density at radius 3 is 2.72 bits per heavy atom. The van der Waals surface area contributed by atoms with Crippen molar-refractivity contribution in [1.29, 1.82) is 0 Å². The standard InChI is InChI=1S/C12H20N2O4/c1-3-5-8-18-9-6-13-12(17)14(7-4-2)10-11(15)16/h2H,3,5-10H2,1H3,(H,13,17)(H,15,16). The summed E-state index contributed by atoms with van der Waals surface area (Å²) in [5, 5.41) is 11.2. The molecule has 2 N–H and O–H groups in total. The molecule has 0 spiro atoms. The number of urea groups is 1. The van der Waals surface area contributed by atoms with Crippen LogP contribution in [0.4, 0.5) is 4.79 Å². The molecule has 0 aromatic rings. The summed E-state index contributed by atoms with van der Waals surface area (Å²) in [5.74, 6) is 1.15. The molecule has 6 nitrogen and oxygen atoms in total. The van der Waals surface area contributed by atoms with Gasteiger partial charge in [0.2, 0.25) is 0 Å². The monoisotopic (exact) mass is 256 g/mol. The van der Waals surface area contributed by atoms with Crippen LogP contribution in [0.2, 0.25) is 0 Å². The highest BCUT2D eigenvalue weighted by molar-refractivity contribution is 5.80. The summed E-state index contributed by atoms with van der Waals surface area (Å²) in [5.41, 5.74) is 0. The molecule has 0 atom stereocenters. The van der Waals surface area contributed by atoms with Crippen molar-refractivity contribution in [3.05, 3.63) is 0 Å². The maximum absolute atomic E-state index is 11.6. The summed E-state index contributed by atoms with van der Waals surface area (Å²) in [6, 6.07) is -0.491. The first-order chi connectivity index (χ1) is 8.61. The fourth-order valence-electron chi connectivity index (χ4n) is 1.16. The summed E-state index contributed by atoms with van der Waals surface area (Å²) in [4.78, 5) is 23.1. The molecule has 0 unspecified atom stereocenters. The average molecular weight is 256 g/mol. The van der Waals surface area contributed by atoms with E-state index in [4.69, 9.17) is 16.3 Å². The van der Waals surface area contributed by atoms with E-state index in [2.05, 4.69) is 18.2 Å². The number of carbonyl (C=O) groups is 2. The molecule has 0 aromatic heterocycles. The number of nitrogens with one attached hydrogen (secondary N) is 1. The van der Waals surface area contributed by atoms with Crippen molar-refractivity contribution < 1.29 is 19.4 Å². The topological polar surface area (TPSA) is 78.9 Å². The molecule has 0 fully saturated rings. The van der Waals surface area contributed by atoms with Crippen molar-refractivity contribution in [2.24, 2.45) is 0 Å². The number of rotatable bonds is 9. The van der Waals surface area contributed by atoms with Gasteiger partial charge in [-0.05, 0) is 6.42 Å². The number of unbranched alkanes of at least 4 members (excludes halogenated alkanes) is 1. The Hall–Kier alpha value is -1.74. The average Bonchev–Trinajstić information content (AvgIpc) is 2.32. The summed E-state index contributed by atoms with van der Waals surface area (Å²) in [7, 11) is 0. The number of nitrogens with zero attached hydrogens (tertiary/aromatic N) is 1. The molecule has 0 aliphatic rings. The number of ether oxygens (including phenoxy) is 1. The number of hydrogen-bond donors (Lipinski definition) is 2. The van der Waals surface area contributed by atoms with Crippen molar-refractivity contribution in [2.75, 3.05) is 32.8 Å². The molecule has 0 aliphatic carbocycles. The molecule has 18 heavy (non-hydrogen) atoms. The lowest BCUT2D eigenvalue weighted by Crippen LogP contribution is -2.43. The SMILES string of the molecule is C#CCN(CC(=O)O)C(=O)NCCOCCCC. The zero-order valence-corrected chi connectivity index (χ0v) is 10.6. The van der Waals surface area contributed by atoms with Gasteiger partial charge in [-0.15, -0.1) is 6.42 Å². The number of carboxylic acids is 1. The van der Waals surface area contributed by atoms with Crippen molar-refractivity contribution in [3.8, 4) is 12.3 Å². The lowest BCUT2D eigenvalue weighted by atomic mass is 10.4. The Bertz CT molecular complexity index is 299. The molecule has 2 amide bonds. The number of terminal acetylenes is 1. The fraction of sp³-hybridized carbons (Fsp3) is 0.667. The minimum absolute atomic E-state index is 0.0329. The first kappa shape index (κ1) is 16.3. The third kappa shape index (κ3) is 8.42. The molecular formula is C12H20N2O4. The fourth-order valence-corrected chi connectivity index (χ4v) is 1.16. The molecule has 0 saturated heterocycles. The second kappa shape index (κ2) is 10.4. The molecule has 0 bridgehead atoms. The summed E-state index contributed by atoms with van der Waals surface area (Å²) < 4.78 is 5.26. The van der Waals surface area contributed by atoms with Crippen LogP contribution in [-0.2, 0) is 9.53 Å². The largest absolute Gasteiger partial charge is 0.480 e. The molecule has 0 saturated carbocycles. The Morgan fingerprint density at radius 2 is 2.17 bits per heavy atom. The lowest BCUT2D eigenvalue weighted by molar-refractivity contribution is -0.137. The van der Waals surface area contributed by atoms with Gasteiger partial charge in [-0.25, -0.2) is 4.79 Å². The van der Waals surface area contributed by atoms with Crippen molar-refractivity contribution in [1.82, 2.24) is 10.2 Å². The number of hydrogen-bond acceptors (Lipinski definition) is 3. The van der Waals surface area contributed by atoms with Crippen LogP contribution >= 0.6 is 0 Å². The van der Waals surface area contributed by atoms with E-state index < -0.39 is 18.5 Å². The molecule has 0 aliphatic heterocycles. The smallest absolute Gasteiger partial charge is 0.323 e. The Kier molecular flexibility index (Phi) is 9.41. The van der Waals surface area contributed by atoms with Crippen LogP contribution in [-0.4, -0.2) is 54.9 Å². The third-order valence-corrected chi connectivity index (χ3v) is 2.06. The summed E-state index contributed by atoms with van der Waals surface area (Å²) >= 11 is 0. The third-order valence-electron chi connectivity index (χ3n) is 2.06. The molecule has 102 valence electrons. The van der Waals surface area contributed by atoms with Gasteiger partial charge in [0.05, 0.1) is 13.2 Å². The van der Waals surface area contributed by atoms with Gasteiger partial charge < -0.3 is 20.1 Å². The molecular weight excluding hydrogens is 236 g/mol. The van der Waals surface area contributed by atoms with Crippen LogP contribution < -0.4 is 5.32 Å². The molecule has 0 aromatic carbocycles. The van der Waals surface area contributed by atoms with Gasteiger partial charge in [0.15, 0.2) is 0 Å². The number of carbonyl (C=O) groups excluding carboxylic acids is 1. The van der Waals surface area contributed by atoms with Crippen molar-refractivity contribution >= 4 is 12.0 Å². The van der Waals surface area contributed by atoms with Gasteiger partial charge in [-0.2, -0.15) is 0 Å². The Labute approximate surface area is 107 Å². The zero-order chi connectivity index (χ0) is 13.8. The van der Waals surface area contributed by atoms with Crippen LogP contribution in [0.5, 0.6) is 0 Å². The molecule has 0 heterocycles. The van der Waals surface area contributed by atoms with Crippen LogP contribution in [0.1, 0.15) is 19.8 Å². The first-order valence-corrected chi connectivity index (χ1v) is 5.87. The van der Waals surface area contributed by atoms with E-state index in [0.717, 1.165) is 17.7 Å². The maximum atomic E-state index is 11.6. The van der Waals surface area contributed by atoms with Gasteiger partial charge in [0.25, 0.3) is 0 Å². The van der Waals surface area contributed by atoms with Crippen LogP contribution in [0.3, 0.4) is 0 Å². The lowest BCUT2D eigenvalue weighted by Gasteiger charge is -2.18. The molecule has 6 heteroatoms. The highest BCUT2D eigenvalue weighted by Crippen LogP contribution is 1.90. The first-order valence-electron chi connectivity index (χ1n) is 5.87. The number of aliphatic carboxylic acids is 1. The van der Waals surface area contributed by atoms with Gasteiger partial charge in [-0.1, -0.05) is 19.3 Å². The number of carboxylic acid groups (broad SMARTS) is 1. The normalized spacial score (nSPS) is 9.56. The predicted molar refractivity (Wildman–Crippen MR) is 67.2 cm³/mol. The highest BCUT2D eigenvalue weighted by atomic mass is 16.5. The Balaban J connectivity index is 3.82. The predicted octanol–water partition coefficient (Wildman–Crippen LogP) is 0.532. The van der Waals surface area contributed by atoms with Crippen LogP contribution in [0, 0.1) is 12.3 Å². The second-order valence-corrected chi connectivity index (χ2v) is 3.65. The minimum atomic E-state index is -1.10. The van der Waals surface area contributed by atoms with E-state index in [1.807, 2.05) is 0 Å². The van der Waals surface area contributed by atoms with Gasteiger partial charge in [0, 0.05) is 13.2 Å². The minimum Gasteiger partial charge on any atom is -0.480 e. The summed E-state index contributed by atoms with van der Waals surface area (Å²) in [6.45, 7) is 3.03. The second-order valence-electron chi connectivity index (χ2n) is 3.65. The van der Waals surface area contributed by atoms with E-state index >= 15 is 0 Å². The van der Waals surface area contributed by atoms with E-state index in [9.17, 15) is 9.59 Å². The van der Waals surface area contributed by atoms with E-state index in [0.29, 0.717) is 19.8 Å². The Morgan fingerprint density at radius 1 is 1.44 bits per heavy atom. The molecule has 0 radical (unpaired) electrons. The van der Waals surface area contributed by atoms with Crippen LogP contribution in [0.15, 0.2) is 0 Å². The van der Waals surface area contributed by atoms with Crippen LogP contribution in [0.25, 0.3) is 0 Å².